The summed E-state index contributed by atoms with van der Waals surface area (Å²) in [7, 11) is 1.40. The third-order valence-electron chi connectivity index (χ3n) is 0.235. The van der Waals surface area contributed by atoms with Crippen molar-refractivity contribution in [3.63, 3.8) is 0 Å². The molecule has 0 aliphatic rings. The van der Waals surface area contributed by atoms with Gasteiger partial charge in [-0.3, -0.25) is 4.18 Å². The second-order valence-electron chi connectivity index (χ2n) is 0.568. The molecule has 2 nitrogen and oxygen atoms in total. The van der Waals surface area contributed by atoms with E-state index in [4.69, 9.17) is 0 Å². The number of rotatable bonds is 1. The van der Waals surface area contributed by atoms with Crippen LogP contribution in [0.15, 0.2) is 0 Å². The van der Waals surface area contributed by atoms with E-state index in [1.54, 1.807) is 0 Å². The van der Waals surface area contributed by atoms with Crippen LogP contribution < -0.4 is 0 Å². The first-order valence-corrected chi connectivity index (χ1v) is 2.63. The Hall–Kier alpha value is 1.11. The molecule has 0 aromatic rings. The largest absolute Gasteiger partial charge is 0.294 e. The quantitative estimate of drug-likeness (QED) is 0.435. The maximum Gasteiger partial charge on any atom is 0.151 e. The number of hydrogen-bond donors (Lipinski definition) is 0. The topological polar surface area (TPSA) is 26.3 Å². The van der Waals surface area contributed by atoms with Crippen LogP contribution in [-0.4, -0.2) is 47.1 Å². The monoisotopic (exact) mass is 117 g/mol. The Morgan fingerprint density at radius 2 is 1.83 bits per heavy atom. The zero-order valence-corrected chi connectivity index (χ0v) is 7.04. The van der Waals surface area contributed by atoms with E-state index in [0.29, 0.717) is 0 Å². The van der Waals surface area contributed by atoms with Crippen molar-refractivity contribution < 1.29 is 8.39 Å². The molecule has 6 heavy (non-hydrogen) atoms. The molecule has 0 heterocycles. The van der Waals surface area contributed by atoms with Gasteiger partial charge in [-0.25, -0.2) is 4.21 Å². The Labute approximate surface area is 62.2 Å². The van der Waals surface area contributed by atoms with Crippen LogP contribution in [0.1, 0.15) is 0 Å². The first kappa shape index (κ1) is 10.2. The molecule has 0 spiro atoms. The van der Waals surface area contributed by atoms with Crippen LogP contribution in [-0.2, 0) is 15.3 Å². The first-order chi connectivity index (χ1) is 2.27. The van der Waals surface area contributed by atoms with Gasteiger partial charge in [-0.1, -0.05) is 0 Å². The van der Waals surface area contributed by atoms with E-state index < -0.39 is 11.1 Å². The van der Waals surface area contributed by atoms with Gasteiger partial charge in [-0.05, 0) is 0 Å². The van der Waals surface area contributed by atoms with E-state index in [1.807, 2.05) is 0 Å². The molecular weight excluding hydrogens is 111 g/mol. The summed E-state index contributed by atoms with van der Waals surface area (Å²) in [5.74, 6) is 0. The Bertz CT molecular complexity index is 46.8. The Balaban J connectivity index is 0. The molecule has 0 saturated heterocycles. The molecule has 1 radical (unpaired) electrons. The summed E-state index contributed by atoms with van der Waals surface area (Å²) in [4.78, 5) is 0. The van der Waals surface area contributed by atoms with E-state index in [0.717, 1.165) is 0 Å². The molecule has 0 saturated carbocycles. The summed E-state index contributed by atoms with van der Waals surface area (Å²) in [6, 6.07) is 0. The van der Waals surface area contributed by atoms with Crippen molar-refractivity contribution in [2.75, 3.05) is 13.4 Å². The first-order valence-electron chi connectivity index (χ1n) is 1.15. The van der Waals surface area contributed by atoms with Crippen LogP contribution in [0.2, 0.25) is 0 Å². The van der Waals surface area contributed by atoms with Crippen molar-refractivity contribution in [3.05, 3.63) is 0 Å². The standard InChI is InChI=1S/C2H6O2S.Na/c1-4-5(2)3;/h1-2H3;. The van der Waals surface area contributed by atoms with Crippen LogP contribution in [0.5, 0.6) is 0 Å². The summed E-state index contributed by atoms with van der Waals surface area (Å²) < 4.78 is 13.9. The summed E-state index contributed by atoms with van der Waals surface area (Å²) in [6.45, 7) is 0. The third kappa shape index (κ3) is 8.92. The third-order valence-corrected chi connectivity index (χ3v) is 0.704. The Kier molecular flexibility index (Phi) is 10.4. The molecule has 4 heteroatoms. The minimum absolute atomic E-state index is 0. The molecule has 0 fully saturated rings. The summed E-state index contributed by atoms with van der Waals surface area (Å²) >= 11 is -1.07. The molecule has 0 rings (SSSR count). The average molecular weight is 117 g/mol. The summed E-state index contributed by atoms with van der Waals surface area (Å²) in [5.41, 5.74) is 0. The van der Waals surface area contributed by atoms with Crippen molar-refractivity contribution in [2.45, 2.75) is 0 Å². The minimum atomic E-state index is -1.07. The van der Waals surface area contributed by atoms with E-state index in [2.05, 4.69) is 4.18 Å². The molecule has 0 N–H and O–H groups in total. The zero-order valence-electron chi connectivity index (χ0n) is 4.22. The molecular formula is C2H6NaO2S. The second kappa shape index (κ2) is 6.11. The van der Waals surface area contributed by atoms with Gasteiger partial charge < -0.3 is 0 Å². The van der Waals surface area contributed by atoms with Gasteiger partial charge in [0.05, 0.1) is 7.11 Å². The van der Waals surface area contributed by atoms with Crippen molar-refractivity contribution in [1.29, 1.82) is 0 Å². The molecule has 0 aromatic carbocycles. The average Bonchev–Trinajstić information content (AvgIpc) is 1.38. The van der Waals surface area contributed by atoms with Gasteiger partial charge in [0, 0.05) is 35.8 Å². The predicted octanol–water partition coefficient (Wildman–Crippen LogP) is -0.454. The van der Waals surface area contributed by atoms with Gasteiger partial charge in [0.1, 0.15) is 0 Å². The maximum absolute atomic E-state index is 9.70. The van der Waals surface area contributed by atoms with Crippen LogP contribution in [0, 0.1) is 0 Å². The van der Waals surface area contributed by atoms with Gasteiger partial charge in [0.15, 0.2) is 11.1 Å². The maximum atomic E-state index is 9.70. The van der Waals surface area contributed by atoms with Crippen molar-refractivity contribution in [2.24, 2.45) is 0 Å². The van der Waals surface area contributed by atoms with Crippen molar-refractivity contribution >= 4 is 40.6 Å². The van der Waals surface area contributed by atoms with Crippen LogP contribution in [0.3, 0.4) is 0 Å². The normalized spacial score (nSPS) is 12.3. The summed E-state index contributed by atoms with van der Waals surface area (Å²) in [5, 5.41) is 0. The minimum Gasteiger partial charge on any atom is -0.294 e. The van der Waals surface area contributed by atoms with Crippen molar-refractivity contribution in [1.82, 2.24) is 0 Å². The molecule has 0 aromatic heterocycles. The van der Waals surface area contributed by atoms with E-state index in [1.165, 1.54) is 13.4 Å². The van der Waals surface area contributed by atoms with Crippen LogP contribution in [0.25, 0.3) is 0 Å². The molecule has 0 bridgehead atoms. The zero-order chi connectivity index (χ0) is 4.28. The Morgan fingerprint density at radius 1 is 1.67 bits per heavy atom. The molecule has 0 amide bonds. The van der Waals surface area contributed by atoms with Crippen LogP contribution >= 0.6 is 0 Å². The molecule has 1 atom stereocenters. The van der Waals surface area contributed by atoms with Gasteiger partial charge in [0.2, 0.25) is 0 Å². The van der Waals surface area contributed by atoms with Gasteiger partial charge >= 0.3 is 0 Å². The second-order valence-corrected chi connectivity index (χ2v) is 1.70. The van der Waals surface area contributed by atoms with E-state index in [-0.39, 0.29) is 29.6 Å². The smallest absolute Gasteiger partial charge is 0.151 e. The number of hydrogen-bond acceptors (Lipinski definition) is 2. The molecule has 0 aliphatic carbocycles. The predicted molar refractivity (Wildman–Crippen MR) is 26.8 cm³/mol. The van der Waals surface area contributed by atoms with Crippen LogP contribution in [0.4, 0.5) is 0 Å². The van der Waals surface area contributed by atoms with Gasteiger partial charge in [0.25, 0.3) is 0 Å². The van der Waals surface area contributed by atoms with Gasteiger partial charge in [-0.15, -0.1) is 0 Å². The van der Waals surface area contributed by atoms with E-state index >= 15 is 0 Å². The molecule has 1 unspecified atom stereocenters. The Morgan fingerprint density at radius 3 is 1.83 bits per heavy atom. The van der Waals surface area contributed by atoms with Gasteiger partial charge in [-0.2, -0.15) is 0 Å². The molecule has 33 valence electrons. The SMILES string of the molecule is COS(C)=O.[Na]. The fourth-order valence-electron chi connectivity index (χ4n) is 0. The van der Waals surface area contributed by atoms with Crippen molar-refractivity contribution in [3.8, 4) is 0 Å². The molecule has 0 aliphatic heterocycles. The fourth-order valence-corrected chi connectivity index (χ4v) is 0. The summed E-state index contributed by atoms with van der Waals surface area (Å²) in [6.07, 6.45) is 1.47. The van der Waals surface area contributed by atoms with E-state index in [9.17, 15) is 4.21 Å². The fraction of sp³-hybridized carbons (Fsp3) is 1.00.